The predicted octanol–water partition coefficient (Wildman–Crippen LogP) is 5.09. The molecule has 2 heterocycles. The van der Waals surface area contributed by atoms with Crippen LogP contribution in [0, 0.1) is 15.9 Å². The Morgan fingerprint density at radius 3 is 2.55 bits per heavy atom. The Bertz CT molecular complexity index is 1220. The number of pyridine rings is 1. The van der Waals surface area contributed by atoms with Crippen molar-refractivity contribution in [3.8, 4) is 28.5 Å². The monoisotopic (exact) mass is 393 g/mol. The lowest BCUT2D eigenvalue weighted by molar-refractivity contribution is -0.384. The first-order chi connectivity index (χ1) is 14.0. The molecular formula is C21H16FN3O4. The Balaban J connectivity index is 1.92. The number of rotatable bonds is 5. The maximum atomic E-state index is 13.2. The molecule has 0 aliphatic carbocycles. The summed E-state index contributed by atoms with van der Waals surface area (Å²) in [6.07, 6.45) is 3.45. The maximum Gasteiger partial charge on any atom is 0.270 e. The van der Waals surface area contributed by atoms with E-state index in [1.165, 1.54) is 49.6 Å². The molecule has 8 heteroatoms. The highest BCUT2D eigenvalue weighted by molar-refractivity contribution is 5.99. The number of aryl methyl sites for hydroxylation is 1. The first-order valence-corrected chi connectivity index (χ1v) is 8.68. The van der Waals surface area contributed by atoms with E-state index in [9.17, 15) is 14.5 Å². The molecule has 29 heavy (non-hydrogen) atoms. The molecule has 2 aromatic heterocycles. The fourth-order valence-electron chi connectivity index (χ4n) is 3.25. The van der Waals surface area contributed by atoms with Crippen LogP contribution in [0.4, 0.5) is 10.1 Å². The highest BCUT2D eigenvalue weighted by Gasteiger charge is 2.20. The molecule has 0 N–H and O–H groups in total. The average Bonchev–Trinajstić information content (AvgIpc) is 3.06. The lowest BCUT2D eigenvalue weighted by Crippen LogP contribution is -1.93. The van der Waals surface area contributed by atoms with Gasteiger partial charge in [-0.15, -0.1) is 0 Å². The molecule has 0 atom stereocenters. The summed E-state index contributed by atoms with van der Waals surface area (Å²) < 4.78 is 26.3. The molecule has 4 aromatic rings. The third-order valence-corrected chi connectivity index (χ3v) is 4.56. The van der Waals surface area contributed by atoms with Crippen molar-refractivity contribution in [1.82, 2.24) is 9.55 Å². The van der Waals surface area contributed by atoms with E-state index in [1.54, 1.807) is 6.20 Å². The third-order valence-electron chi connectivity index (χ3n) is 4.56. The van der Waals surface area contributed by atoms with E-state index in [0.29, 0.717) is 22.9 Å². The molecule has 0 aliphatic heterocycles. The first kappa shape index (κ1) is 18.4. The summed E-state index contributed by atoms with van der Waals surface area (Å²) in [5.74, 6) is 0.893. The molecule has 146 valence electrons. The highest BCUT2D eigenvalue weighted by atomic mass is 19.1. The lowest BCUT2D eigenvalue weighted by Gasteiger charge is -2.11. The van der Waals surface area contributed by atoms with Crippen LogP contribution in [-0.4, -0.2) is 21.6 Å². The Hall–Kier alpha value is -3.94. The number of halogens is 1. The van der Waals surface area contributed by atoms with Crippen LogP contribution in [0.15, 0.2) is 60.9 Å². The van der Waals surface area contributed by atoms with Crippen LogP contribution in [-0.2, 0) is 7.05 Å². The number of aromatic nitrogens is 2. The molecule has 0 amide bonds. The minimum atomic E-state index is -0.460. The molecule has 7 nitrogen and oxygen atoms in total. The Labute approximate surface area is 165 Å². The largest absolute Gasteiger partial charge is 0.479 e. The van der Waals surface area contributed by atoms with Crippen LogP contribution in [0.25, 0.3) is 22.0 Å². The van der Waals surface area contributed by atoms with Crippen molar-refractivity contribution in [1.29, 1.82) is 0 Å². The normalized spacial score (nSPS) is 10.9. The zero-order chi connectivity index (χ0) is 20.5. The van der Waals surface area contributed by atoms with E-state index in [1.807, 2.05) is 23.9 Å². The van der Waals surface area contributed by atoms with Gasteiger partial charge in [-0.1, -0.05) is 0 Å². The predicted molar refractivity (Wildman–Crippen MR) is 106 cm³/mol. The third kappa shape index (κ3) is 3.36. The minimum Gasteiger partial charge on any atom is -0.479 e. The van der Waals surface area contributed by atoms with E-state index >= 15 is 0 Å². The fourth-order valence-corrected chi connectivity index (χ4v) is 3.25. The standard InChI is InChI=1S/C21H16FN3O4/c1-24-12-18(16-9-10-23-21(28-2)20(16)24)17-11-14(25(26)27)5-8-19(17)29-15-6-3-13(22)4-7-15/h3-12H,1-2H3. The molecule has 2 aromatic carbocycles. The quantitative estimate of drug-likeness (QED) is 0.349. The summed E-state index contributed by atoms with van der Waals surface area (Å²) in [7, 11) is 3.37. The zero-order valence-electron chi connectivity index (χ0n) is 15.6. The van der Waals surface area contributed by atoms with Gasteiger partial charge in [0, 0.05) is 48.1 Å². The molecule has 0 bridgehead atoms. The fraction of sp³-hybridized carbons (Fsp3) is 0.0952. The van der Waals surface area contributed by atoms with Crippen LogP contribution < -0.4 is 9.47 Å². The molecule has 0 aliphatic rings. The van der Waals surface area contributed by atoms with E-state index in [0.717, 1.165) is 16.5 Å². The van der Waals surface area contributed by atoms with Crippen LogP contribution >= 0.6 is 0 Å². The summed E-state index contributed by atoms with van der Waals surface area (Å²) >= 11 is 0. The smallest absolute Gasteiger partial charge is 0.270 e. The Morgan fingerprint density at radius 2 is 1.86 bits per heavy atom. The van der Waals surface area contributed by atoms with Crippen molar-refractivity contribution in [2.75, 3.05) is 7.11 Å². The van der Waals surface area contributed by atoms with Gasteiger partial charge in [-0.2, -0.15) is 0 Å². The number of non-ortho nitro benzene ring substituents is 1. The summed E-state index contributed by atoms with van der Waals surface area (Å²) in [6.45, 7) is 0. The lowest BCUT2D eigenvalue weighted by atomic mass is 10.0. The van der Waals surface area contributed by atoms with Crippen molar-refractivity contribution in [2.24, 2.45) is 7.05 Å². The molecule has 0 spiro atoms. The Kier molecular flexibility index (Phi) is 4.59. The van der Waals surface area contributed by atoms with Gasteiger partial charge in [-0.05, 0) is 36.4 Å². The second-order valence-corrected chi connectivity index (χ2v) is 6.36. The van der Waals surface area contributed by atoms with Crippen LogP contribution in [0.1, 0.15) is 0 Å². The average molecular weight is 393 g/mol. The van der Waals surface area contributed by atoms with E-state index < -0.39 is 4.92 Å². The summed E-state index contributed by atoms with van der Waals surface area (Å²) in [4.78, 5) is 15.1. The first-order valence-electron chi connectivity index (χ1n) is 8.68. The number of hydrogen-bond acceptors (Lipinski definition) is 5. The van der Waals surface area contributed by atoms with Crippen LogP contribution in [0.2, 0.25) is 0 Å². The molecular weight excluding hydrogens is 377 g/mol. The summed E-state index contributed by atoms with van der Waals surface area (Å²) in [5, 5.41) is 12.2. The van der Waals surface area contributed by atoms with Gasteiger partial charge in [0.1, 0.15) is 22.8 Å². The number of nitro benzene ring substituents is 1. The molecule has 0 saturated heterocycles. The topological polar surface area (TPSA) is 79.4 Å². The Morgan fingerprint density at radius 1 is 1.10 bits per heavy atom. The van der Waals surface area contributed by atoms with Gasteiger partial charge in [0.2, 0.25) is 5.88 Å². The van der Waals surface area contributed by atoms with Crippen molar-refractivity contribution in [3.63, 3.8) is 0 Å². The molecule has 0 fully saturated rings. The number of ether oxygens (including phenoxy) is 2. The highest BCUT2D eigenvalue weighted by Crippen LogP contribution is 2.41. The number of methoxy groups -OCH3 is 1. The number of nitro groups is 1. The van der Waals surface area contributed by atoms with Gasteiger partial charge in [0.15, 0.2) is 0 Å². The van der Waals surface area contributed by atoms with Crippen molar-refractivity contribution >= 4 is 16.6 Å². The number of benzene rings is 2. The van der Waals surface area contributed by atoms with Crippen molar-refractivity contribution in [2.45, 2.75) is 0 Å². The SMILES string of the molecule is COc1nccc2c(-c3cc([N+](=O)[O-])ccc3Oc3ccc(F)cc3)cn(C)c12. The van der Waals surface area contributed by atoms with Crippen LogP contribution in [0.3, 0.4) is 0 Å². The van der Waals surface area contributed by atoms with Gasteiger partial charge in [-0.3, -0.25) is 10.1 Å². The molecule has 4 rings (SSSR count). The number of fused-ring (bicyclic) bond motifs is 1. The summed E-state index contributed by atoms with van der Waals surface area (Å²) in [6, 6.07) is 11.7. The minimum absolute atomic E-state index is 0.0653. The number of hydrogen-bond donors (Lipinski definition) is 0. The maximum absolute atomic E-state index is 13.2. The van der Waals surface area contributed by atoms with Gasteiger partial charge in [0.25, 0.3) is 5.69 Å². The summed E-state index contributed by atoms with van der Waals surface area (Å²) in [5.41, 5.74) is 1.94. The second kappa shape index (κ2) is 7.23. The van der Waals surface area contributed by atoms with E-state index in [-0.39, 0.29) is 11.5 Å². The molecule has 0 radical (unpaired) electrons. The second-order valence-electron chi connectivity index (χ2n) is 6.36. The molecule has 0 unspecified atom stereocenters. The zero-order valence-corrected chi connectivity index (χ0v) is 15.6. The van der Waals surface area contributed by atoms with E-state index in [4.69, 9.17) is 9.47 Å². The molecule has 0 saturated carbocycles. The van der Waals surface area contributed by atoms with Gasteiger partial charge in [-0.25, -0.2) is 9.37 Å². The van der Waals surface area contributed by atoms with Gasteiger partial charge >= 0.3 is 0 Å². The van der Waals surface area contributed by atoms with Crippen molar-refractivity contribution < 1.29 is 18.8 Å². The van der Waals surface area contributed by atoms with Crippen LogP contribution in [0.5, 0.6) is 17.4 Å². The van der Waals surface area contributed by atoms with Crippen molar-refractivity contribution in [3.05, 3.63) is 76.9 Å². The van der Waals surface area contributed by atoms with Gasteiger partial charge in [0.05, 0.1) is 12.0 Å². The van der Waals surface area contributed by atoms with Gasteiger partial charge < -0.3 is 14.0 Å². The number of nitrogens with zero attached hydrogens (tertiary/aromatic N) is 3. The van der Waals surface area contributed by atoms with E-state index in [2.05, 4.69) is 4.98 Å².